The number of aromatic nitrogens is 5. The van der Waals surface area contributed by atoms with Crippen molar-refractivity contribution in [2.45, 2.75) is 20.4 Å². The smallest absolute Gasteiger partial charge is 0.223 e. The fraction of sp³-hybridized carbons (Fsp3) is 0.214. The predicted octanol–water partition coefficient (Wildman–Crippen LogP) is 2.44. The van der Waals surface area contributed by atoms with Crippen molar-refractivity contribution in [2.24, 2.45) is 0 Å². The van der Waals surface area contributed by atoms with Crippen LogP contribution in [0.25, 0.3) is 22.0 Å². The normalized spacial score (nSPS) is 10.6. The standard InChI is InChI=1S/C14H14N6OS/c1-3-20-18-13(17-19-20)12-11(10-7-5-4-6-8-10)16-14(22-12)15-9(2)21/h4-8H,3H2,1-2H3,(H,15,16,21). The lowest BCUT2D eigenvalue weighted by molar-refractivity contribution is -0.114. The first-order chi connectivity index (χ1) is 10.7. The number of anilines is 1. The second-order valence-corrected chi connectivity index (χ2v) is 5.54. The van der Waals surface area contributed by atoms with E-state index in [0.29, 0.717) is 17.5 Å². The maximum Gasteiger partial charge on any atom is 0.223 e. The van der Waals surface area contributed by atoms with Crippen LogP contribution >= 0.6 is 11.3 Å². The van der Waals surface area contributed by atoms with Crippen molar-refractivity contribution in [3.05, 3.63) is 30.3 Å². The van der Waals surface area contributed by atoms with Gasteiger partial charge in [-0.15, -0.1) is 10.2 Å². The summed E-state index contributed by atoms with van der Waals surface area (Å²) in [5.74, 6) is 0.347. The summed E-state index contributed by atoms with van der Waals surface area (Å²) in [4.78, 5) is 18.1. The van der Waals surface area contributed by atoms with Crippen molar-refractivity contribution in [3.63, 3.8) is 0 Å². The van der Waals surface area contributed by atoms with Crippen molar-refractivity contribution in [3.8, 4) is 22.0 Å². The van der Waals surface area contributed by atoms with E-state index in [9.17, 15) is 4.79 Å². The van der Waals surface area contributed by atoms with Gasteiger partial charge in [0.15, 0.2) is 5.13 Å². The first-order valence-corrected chi connectivity index (χ1v) is 7.61. The second kappa shape index (κ2) is 6.02. The average molecular weight is 314 g/mol. The molecule has 0 atom stereocenters. The number of tetrazole rings is 1. The zero-order valence-corrected chi connectivity index (χ0v) is 13.0. The number of amides is 1. The van der Waals surface area contributed by atoms with E-state index in [1.807, 2.05) is 37.3 Å². The first kappa shape index (κ1) is 14.3. The van der Waals surface area contributed by atoms with Crippen LogP contribution in [0, 0.1) is 0 Å². The van der Waals surface area contributed by atoms with Gasteiger partial charge in [-0.05, 0) is 12.1 Å². The van der Waals surface area contributed by atoms with E-state index in [4.69, 9.17) is 0 Å². The summed E-state index contributed by atoms with van der Waals surface area (Å²) in [6.07, 6.45) is 0. The fourth-order valence-corrected chi connectivity index (χ4v) is 2.89. The van der Waals surface area contributed by atoms with Gasteiger partial charge in [0.05, 0.1) is 12.2 Å². The summed E-state index contributed by atoms with van der Waals surface area (Å²) in [5, 5.41) is 15.6. The Balaban J connectivity index is 2.10. The van der Waals surface area contributed by atoms with Crippen molar-refractivity contribution in [1.29, 1.82) is 0 Å². The molecule has 0 spiro atoms. The summed E-state index contributed by atoms with van der Waals surface area (Å²) in [6.45, 7) is 4.04. The third kappa shape index (κ3) is 2.86. The zero-order valence-electron chi connectivity index (χ0n) is 12.1. The minimum atomic E-state index is -0.162. The molecule has 0 saturated heterocycles. The molecule has 8 heteroatoms. The molecule has 2 heterocycles. The molecule has 1 aromatic carbocycles. The highest BCUT2D eigenvalue weighted by molar-refractivity contribution is 7.19. The molecule has 0 aliphatic heterocycles. The number of carbonyl (C=O) groups excluding carboxylic acids is 1. The molecule has 7 nitrogen and oxygen atoms in total. The van der Waals surface area contributed by atoms with E-state index < -0.39 is 0 Å². The number of nitrogens with zero attached hydrogens (tertiary/aromatic N) is 5. The van der Waals surface area contributed by atoms with E-state index in [1.54, 1.807) is 0 Å². The Labute approximate surface area is 131 Å². The molecule has 112 valence electrons. The molecule has 0 saturated carbocycles. The third-order valence-corrected chi connectivity index (χ3v) is 3.86. The monoisotopic (exact) mass is 314 g/mol. The highest BCUT2D eigenvalue weighted by Gasteiger charge is 2.19. The van der Waals surface area contributed by atoms with Gasteiger partial charge in [-0.25, -0.2) is 4.98 Å². The van der Waals surface area contributed by atoms with Gasteiger partial charge in [0.2, 0.25) is 11.7 Å². The van der Waals surface area contributed by atoms with Crippen LogP contribution in [0.3, 0.4) is 0 Å². The van der Waals surface area contributed by atoms with Crippen molar-refractivity contribution in [2.75, 3.05) is 5.32 Å². The molecule has 0 bridgehead atoms. The Morgan fingerprint density at radius 3 is 2.73 bits per heavy atom. The van der Waals surface area contributed by atoms with Gasteiger partial charge in [-0.3, -0.25) is 4.79 Å². The summed E-state index contributed by atoms with van der Waals surface area (Å²) in [7, 11) is 0. The number of nitrogens with one attached hydrogen (secondary N) is 1. The van der Waals surface area contributed by atoms with Crippen LogP contribution in [0.4, 0.5) is 5.13 Å². The number of carbonyl (C=O) groups is 1. The van der Waals surface area contributed by atoms with Crippen molar-refractivity contribution in [1.82, 2.24) is 25.2 Å². The maximum atomic E-state index is 11.3. The molecule has 2 aromatic heterocycles. The molecule has 1 N–H and O–H groups in total. The molecular formula is C14H14N6OS. The first-order valence-electron chi connectivity index (χ1n) is 6.79. The van der Waals surface area contributed by atoms with E-state index >= 15 is 0 Å². The van der Waals surface area contributed by atoms with Crippen LogP contribution in [0.15, 0.2) is 30.3 Å². The Morgan fingerprint density at radius 2 is 2.09 bits per heavy atom. The third-order valence-electron chi connectivity index (χ3n) is 2.90. The molecule has 3 rings (SSSR count). The van der Waals surface area contributed by atoms with Gasteiger partial charge in [0.1, 0.15) is 4.88 Å². The average Bonchev–Trinajstić information content (AvgIpc) is 3.13. The Kier molecular flexibility index (Phi) is 3.92. The lowest BCUT2D eigenvalue weighted by Gasteiger charge is -1.98. The number of hydrogen-bond donors (Lipinski definition) is 1. The predicted molar refractivity (Wildman–Crippen MR) is 84.3 cm³/mol. The summed E-state index contributed by atoms with van der Waals surface area (Å²) in [5.41, 5.74) is 1.68. The molecule has 22 heavy (non-hydrogen) atoms. The minimum Gasteiger partial charge on any atom is -0.302 e. The lowest BCUT2D eigenvalue weighted by Crippen LogP contribution is -2.04. The van der Waals surface area contributed by atoms with Gasteiger partial charge in [0, 0.05) is 12.5 Å². The molecule has 0 unspecified atom stereocenters. The van der Waals surface area contributed by atoms with Crippen LogP contribution in [0.2, 0.25) is 0 Å². The Hall–Kier alpha value is -2.61. The van der Waals surface area contributed by atoms with Gasteiger partial charge < -0.3 is 5.32 Å². The number of benzene rings is 1. The SMILES string of the molecule is CCn1nnc(-c2sc(NC(C)=O)nc2-c2ccccc2)n1. The molecule has 0 aliphatic carbocycles. The minimum absolute atomic E-state index is 0.162. The molecule has 0 aliphatic rings. The molecule has 0 fully saturated rings. The topological polar surface area (TPSA) is 85.6 Å². The lowest BCUT2D eigenvalue weighted by atomic mass is 10.1. The molecule has 3 aromatic rings. The highest BCUT2D eigenvalue weighted by Crippen LogP contribution is 2.37. The second-order valence-electron chi connectivity index (χ2n) is 4.55. The summed E-state index contributed by atoms with van der Waals surface area (Å²) < 4.78 is 0. The number of hydrogen-bond acceptors (Lipinski definition) is 6. The van der Waals surface area contributed by atoms with Crippen LogP contribution < -0.4 is 5.32 Å². The number of rotatable bonds is 4. The number of thiazole rings is 1. The Bertz CT molecular complexity index is 795. The highest BCUT2D eigenvalue weighted by atomic mass is 32.1. The van der Waals surface area contributed by atoms with Crippen LogP contribution in [0.5, 0.6) is 0 Å². The van der Waals surface area contributed by atoms with E-state index in [0.717, 1.165) is 16.1 Å². The summed E-state index contributed by atoms with van der Waals surface area (Å²) in [6, 6.07) is 9.73. The van der Waals surface area contributed by atoms with Gasteiger partial charge in [0.25, 0.3) is 0 Å². The summed E-state index contributed by atoms with van der Waals surface area (Å²) >= 11 is 1.34. The van der Waals surface area contributed by atoms with Crippen LogP contribution in [0.1, 0.15) is 13.8 Å². The maximum absolute atomic E-state index is 11.3. The van der Waals surface area contributed by atoms with E-state index in [-0.39, 0.29) is 5.91 Å². The largest absolute Gasteiger partial charge is 0.302 e. The fourth-order valence-electron chi connectivity index (χ4n) is 1.94. The Morgan fingerprint density at radius 1 is 1.32 bits per heavy atom. The van der Waals surface area contributed by atoms with Crippen LogP contribution in [-0.2, 0) is 11.3 Å². The molecule has 1 amide bonds. The van der Waals surface area contributed by atoms with E-state index in [1.165, 1.54) is 23.1 Å². The van der Waals surface area contributed by atoms with Gasteiger partial charge in [-0.2, -0.15) is 4.80 Å². The van der Waals surface area contributed by atoms with Crippen molar-refractivity contribution < 1.29 is 4.79 Å². The quantitative estimate of drug-likeness (QED) is 0.799. The van der Waals surface area contributed by atoms with Crippen molar-refractivity contribution >= 4 is 22.4 Å². The molecule has 0 radical (unpaired) electrons. The van der Waals surface area contributed by atoms with Gasteiger partial charge in [-0.1, -0.05) is 41.7 Å². The number of aryl methyl sites for hydroxylation is 1. The van der Waals surface area contributed by atoms with E-state index in [2.05, 4.69) is 25.7 Å². The molecular weight excluding hydrogens is 300 g/mol. The van der Waals surface area contributed by atoms with Crippen LogP contribution in [-0.4, -0.2) is 31.1 Å². The zero-order chi connectivity index (χ0) is 15.5. The van der Waals surface area contributed by atoms with Gasteiger partial charge >= 0.3 is 0 Å².